The van der Waals surface area contributed by atoms with Gasteiger partial charge in [-0.15, -0.1) is 0 Å². The molecule has 0 heterocycles. The van der Waals surface area contributed by atoms with Crippen molar-refractivity contribution in [2.24, 2.45) is 0 Å². The number of rotatable bonds is 6. The number of amides is 1. The predicted octanol–water partition coefficient (Wildman–Crippen LogP) is 6.77. The number of nitrogens with zero attached hydrogens (tertiary/aromatic N) is 1. The van der Waals surface area contributed by atoms with Crippen LogP contribution < -0.4 is 10.1 Å². The number of carbonyl (C=O) groups excluding carboxylic acids is 1. The number of anilines is 1. The summed E-state index contributed by atoms with van der Waals surface area (Å²) in [6, 6.07) is 20.9. The van der Waals surface area contributed by atoms with Crippen LogP contribution in [0.25, 0.3) is 6.08 Å². The van der Waals surface area contributed by atoms with Crippen LogP contribution in [-0.4, -0.2) is 5.91 Å². The summed E-state index contributed by atoms with van der Waals surface area (Å²) in [5, 5.41) is 13.5. The molecule has 3 aromatic carbocycles. The quantitative estimate of drug-likeness (QED) is 0.328. The van der Waals surface area contributed by atoms with Crippen LogP contribution >= 0.6 is 34.8 Å². The van der Waals surface area contributed by atoms with E-state index in [0.717, 1.165) is 5.56 Å². The Morgan fingerprint density at radius 1 is 1.00 bits per heavy atom. The predicted molar refractivity (Wildman–Crippen MR) is 121 cm³/mol. The zero-order chi connectivity index (χ0) is 21.5. The van der Waals surface area contributed by atoms with E-state index in [0.29, 0.717) is 32.1 Å². The third kappa shape index (κ3) is 5.77. The summed E-state index contributed by atoms with van der Waals surface area (Å²) in [7, 11) is 0. The highest BCUT2D eigenvalue weighted by molar-refractivity contribution is 6.32. The van der Waals surface area contributed by atoms with Gasteiger partial charge in [0, 0.05) is 21.3 Å². The Morgan fingerprint density at radius 3 is 2.40 bits per heavy atom. The fourth-order valence-corrected chi connectivity index (χ4v) is 3.10. The van der Waals surface area contributed by atoms with Crippen molar-refractivity contribution in [3.05, 3.63) is 98.5 Å². The molecule has 4 nitrogen and oxygen atoms in total. The van der Waals surface area contributed by atoms with Crippen molar-refractivity contribution in [2.75, 3.05) is 5.32 Å². The monoisotopic (exact) mass is 456 g/mol. The molecule has 0 aromatic heterocycles. The molecule has 0 aliphatic carbocycles. The Balaban J connectivity index is 1.71. The highest BCUT2D eigenvalue weighted by Gasteiger charge is 2.11. The van der Waals surface area contributed by atoms with E-state index in [1.54, 1.807) is 48.5 Å². The van der Waals surface area contributed by atoms with Gasteiger partial charge in [-0.3, -0.25) is 4.79 Å². The van der Waals surface area contributed by atoms with Gasteiger partial charge in [0.1, 0.15) is 24.0 Å². The summed E-state index contributed by atoms with van der Waals surface area (Å²) in [6.07, 6.45) is 1.45. The van der Waals surface area contributed by atoms with E-state index in [-0.39, 0.29) is 12.2 Å². The van der Waals surface area contributed by atoms with Crippen LogP contribution in [0.4, 0.5) is 5.69 Å². The van der Waals surface area contributed by atoms with Crippen molar-refractivity contribution in [2.45, 2.75) is 6.61 Å². The van der Waals surface area contributed by atoms with Crippen LogP contribution in [0.3, 0.4) is 0 Å². The Morgan fingerprint density at radius 2 is 1.73 bits per heavy atom. The zero-order valence-electron chi connectivity index (χ0n) is 15.5. The van der Waals surface area contributed by atoms with Crippen molar-refractivity contribution < 1.29 is 9.53 Å². The van der Waals surface area contributed by atoms with Gasteiger partial charge in [0.2, 0.25) is 0 Å². The van der Waals surface area contributed by atoms with Gasteiger partial charge in [0.05, 0.1) is 5.02 Å². The molecule has 0 fully saturated rings. The normalized spacial score (nSPS) is 10.9. The third-order valence-corrected chi connectivity index (χ3v) is 4.99. The van der Waals surface area contributed by atoms with Crippen molar-refractivity contribution in [1.82, 2.24) is 0 Å². The van der Waals surface area contributed by atoms with Crippen molar-refractivity contribution in [3.63, 3.8) is 0 Å². The average molecular weight is 458 g/mol. The van der Waals surface area contributed by atoms with Crippen molar-refractivity contribution in [1.29, 1.82) is 5.26 Å². The van der Waals surface area contributed by atoms with Gasteiger partial charge in [-0.05, 0) is 54.1 Å². The zero-order valence-corrected chi connectivity index (χ0v) is 17.8. The first-order valence-electron chi connectivity index (χ1n) is 8.81. The molecule has 0 bridgehead atoms. The van der Waals surface area contributed by atoms with E-state index in [1.807, 2.05) is 24.3 Å². The lowest BCUT2D eigenvalue weighted by atomic mass is 10.1. The van der Waals surface area contributed by atoms with Gasteiger partial charge in [-0.1, -0.05) is 59.1 Å². The molecule has 1 N–H and O–H groups in total. The number of carbonyl (C=O) groups is 1. The fraction of sp³-hybridized carbons (Fsp3) is 0.0435. The largest absolute Gasteiger partial charge is 0.487 e. The maximum Gasteiger partial charge on any atom is 0.266 e. The van der Waals surface area contributed by atoms with Crippen LogP contribution in [0.15, 0.2) is 72.3 Å². The van der Waals surface area contributed by atoms with Gasteiger partial charge in [-0.2, -0.15) is 5.26 Å². The number of halogens is 3. The molecule has 0 aliphatic rings. The first kappa shape index (κ1) is 21.7. The van der Waals surface area contributed by atoms with Crippen molar-refractivity contribution in [3.8, 4) is 11.8 Å². The molecule has 7 heteroatoms. The third-order valence-electron chi connectivity index (χ3n) is 4.08. The second kappa shape index (κ2) is 10.2. The minimum absolute atomic E-state index is 0.0641. The standard InChI is InChI=1S/C23H15Cl3N2O2/c24-18-6-8-19(9-7-18)28-23(29)17(13-27)11-15-5-10-22(21(26)12-15)30-14-16-3-1-2-4-20(16)25/h1-12H,14H2,(H,28,29)/b17-11+. The molecule has 0 aliphatic heterocycles. The molecule has 0 unspecified atom stereocenters. The molecule has 0 radical (unpaired) electrons. The summed E-state index contributed by atoms with van der Waals surface area (Å²) >= 11 is 18.3. The number of nitrogens with one attached hydrogen (secondary N) is 1. The second-order valence-electron chi connectivity index (χ2n) is 6.20. The lowest BCUT2D eigenvalue weighted by Crippen LogP contribution is -2.13. The van der Waals surface area contributed by atoms with Gasteiger partial charge >= 0.3 is 0 Å². The Kier molecular flexibility index (Phi) is 7.37. The van der Waals surface area contributed by atoms with Gasteiger partial charge < -0.3 is 10.1 Å². The summed E-state index contributed by atoms with van der Waals surface area (Å²) < 4.78 is 5.73. The molecule has 3 aromatic rings. The lowest BCUT2D eigenvalue weighted by Gasteiger charge is -2.10. The molecule has 0 saturated carbocycles. The fourth-order valence-electron chi connectivity index (χ4n) is 2.54. The summed E-state index contributed by atoms with van der Waals surface area (Å²) in [5.41, 5.74) is 1.90. The molecule has 3 rings (SSSR count). The van der Waals surface area contributed by atoms with Crippen LogP contribution in [0.1, 0.15) is 11.1 Å². The molecular weight excluding hydrogens is 443 g/mol. The van der Waals surface area contributed by atoms with Crippen LogP contribution in [0, 0.1) is 11.3 Å². The Hall–Kier alpha value is -2.97. The van der Waals surface area contributed by atoms with Gasteiger partial charge in [0.25, 0.3) is 5.91 Å². The van der Waals surface area contributed by atoms with Crippen molar-refractivity contribution >= 4 is 52.5 Å². The highest BCUT2D eigenvalue weighted by atomic mass is 35.5. The maximum atomic E-state index is 12.4. The van der Waals surface area contributed by atoms with E-state index < -0.39 is 5.91 Å². The highest BCUT2D eigenvalue weighted by Crippen LogP contribution is 2.28. The van der Waals surface area contributed by atoms with Gasteiger partial charge in [-0.25, -0.2) is 0 Å². The molecular formula is C23H15Cl3N2O2. The van der Waals surface area contributed by atoms with E-state index in [9.17, 15) is 10.1 Å². The van der Waals surface area contributed by atoms with E-state index in [1.165, 1.54) is 6.08 Å². The molecule has 30 heavy (non-hydrogen) atoms. The first-order chi connectivity index (χ1) is 14.5. The topological polar surface area (TPSA) is 62.1 Å². The smallest absolute Gasteiger partial charge is 0.266 e. The average Bonchev–Trinajstić information content (AvgIpc) is 2.74. The summed E-state index contributed by atoms with van der Waals surface area (Å²) in [4.78, 5) is 12.4. The van der Waals surface area contributed by atoms with Crippen LogP contribution in [-0.2, 0) is 11.4 Å². The number of hydrogen-bond donors (Lipinski definition) is 1. The summed E-state index contributed by atoms with van der Waals surface area (Å²) in [5.74, 6) is -0.0622. The minimum Gasteiger partial charge on any atom is -0.487 e. The van der Waals surface area contributed by atoms with E-state index >= 15 is 0 Å². The Labute approximate surface area is 189 Å². The van der Waals surface area contributed by atoms with Crippen LogP contribution in [0.5, 0.6) is 5.75 Å². The maximum absolute atomic E-state index is 12.4. The number of ether oxygens (including phenoxy) is 1. The molecule has 1 amide bonds. The lowest BCUT2D eigenvalue weighted by molar-refractivity contribution is -0.112. The molecule has 150 valence electrons. The summed E-state index contributed by atoms with van der Waals surface area (Å²) in [6.45, 7) is 0.265. The molecule has 0 atom stereocenters. The number of hydrogen-bond acceptors (Lipinski definition) is 3. The SMILES string of the molecule is N#C/C(=C\c1ccc(OCc2ccccc2Cl)c(Cl)c1)C(=O)Nc1ccc(Cl)cc1. The number of nitriles is 1. The Bertz CT molecular complexity index is 1140. The number of benzene rings is 3. The minimum atomic E-state index is -0.532. The van der Waals surface area contributed by atoms with E-state index in [2.05, 4.69) is 5.32 Å². The molecule has 0 saturated heterocycles. The van der Waals surface area contributed by atoms with E-state index in [4.69, 9.17) is 39.5 Å². The van der Waals surface area contributed by atoms with Crippen LogP contribution in [0.2, 0.25) is 15.1 Å². The first-order valence-corrected chi connectivity index (χ1v) is 9.94. The molecule has 0 spiro atoms. The second-order valence-corrected chi connectivity index (χ2v) is 7.45. The van der Waals surface area contributed by atoms with Gasteiger partial charge in [0.15, 0.2) is 0 Å².